The molecule has 9 nitrogen and oxygen atoms in total. The van der Waals surface area contributed by atoms with Gasteiger partial charge in [0.15, 0.2) is 17.4 Å². The van der Waals surface area contributed by atoms with Crippen molar-refractivity contribution in [3.8, 4) is 0 Å². The van der Waals surface area contributed by atoms with Crippen LogP contribution < -0.4 is 11.1 Å². The van der Waals surface area contributed by atoms with Gasteiger partial charge >= 0.3 is 5.97 Å². The summed E-state index contributed by atoms with van der Waals surface area (Å²) in [5.74, 6) is -0.554. The fraction of sp³-hybridized carbons (Fsp3) is 0.588. The molecule has 0 radical (unpaired) electrons. The molecule has 2 heterocycles. The Morgan fingerprint density at radius 3 is 2.77 bits per heavy atom. The number of anilines is 1. The van der Waals surface area contributed by atoms with Gasteiger partial charge in [0.2, 0.25) is 0 Å². The topological polar surface area (TPSA) is 154 Å². The van der Waals surface area contributed by atoms with E-state index in [1.165, 1.54) is 0 Å². The van der Waals surface area contributed by atoms with Crippen LogP contribution in [0.15, 0.2) is 24.3 Å². The van der Waals surface area contributed by atoms with Crippen LogP contribution in [0.3, 0.4) is 0 Å². The number of hydrogen-bond acceptors (Lipinski definition) is 9. The summed E-state index contributed by atoms with van der Waals surface area (Å²) in [4.78, 5) is 12.0. The van der Waals surface area contributed by atoms with Gasteiger partial charge in [0.1, 0.15) is 18.3 Å². The molecular weight excluding hydrogens is 344 g/mol. The molecule has 3 rings (SSSR count). The number of carbonyl (C=O) groups excluding carboxylic acids is 1. The maximum Gasteiger partial charge on any atom is 0.306 e. The molecule has 6 atom stereocenters. The molecule has 2 aliphatic rings. The number of ether oxygens (including phenoxy) is 2. The minimum Gasteiger partial charge on any atom is -0.453 e. The predicted octanol–water partition coefficient (Wildman–Crippen LogP) is -1.39. The Hall–Kier alpha value is -1.75. The fourth-order valence-electron chi connectivity index (χ4n) is 3.64. The third-order valence-electron chi connectivity index (χ3n) is 5.16. The highest BCUT2D eigenvalue weighted by atomic mass is 16.6. The Kier molecular flexibility index (Phi) is 4.95. The number of fused-ring (bicyclic) bond motifs is 1. The molecule has 0 amide bonds. The van der Waals surface area contributed by atoms with Crippen molar-refractivity contribution in [2.24, 2.45) is 5.73 Å². The number of para-hydroxylation sites is 1. The Labute approximate surface area is 150 Å². The lowest BCUT2D eigenvalue weighted by molar-refractivity contribution is -0.277. The average molecular weight is 368 g/mol. The summed E-state index contributed by atoms with van der Waals surface area (Å²) < 4.78 is 10.6. The van der Waals surface area contributed by atoms with Gasteiger partial charge in [-0.15, -0.1) is 0 Å². The fourth-order valence-corrected chi connectivity index (χ4v) is 3.64. The van der Waals surface area contributed by atoms with Crippen LogP contribution in [0.1, 0.15) is 25.0 Å². The molecule has 26 heavy (non-hydrogen) atoms. The van der Waals surface area contributed by atoms with Gasteiger partial charge in [-0.3, -0.25) is 4.79 Å². The number of nitrogens with two attached hydrogens (primary N) is 1. The number of nitrogens with one attached hydrogen (secondary N) is 1. The smallest absolute Gasteiger partial charge is 0.306 e. The molecule has 1 aromatic rings. The first-order valence-electron chi connectivity index (χ1n) is 8.46. The number of benzene rings is 1. The van der Waals surface area contributed by atoms with Crippen LogP contribution >= 0.6 is 0 Å². The van der Waals surface area contributed by atoms with Gasteiger partial charge in [-0.05, 0) is 6.07 Å². The van der Waals surface area contributed by atoms with Gasteiger partial charge in [0, 0.05) is 17.7 Å². The first-order chi connectivity index (χ1) is 12.3. The maximum atomic E-state index is 12.0. The number of hydrogen-bond donors (Lipinski definition) is 6. The van der Waals surface area contributed by atoms with E-state index < -0.39 is 48.3 Å². The molecule has 7 N–H and O–H groups in total. The molecule has 0 bridgehead atoms. The van der Waals surface area contributed by atoms with E-state index in [9.17, 15) is 25.2 Å². The zero-order valence-corrected chi connectivity index (χ0v) is 14.3. The SMILES string of the molecule is CCC(=O)OC1c2ccccc2NC1(N)[C@]1(O)[C@H](O)CO[C@H](CO)[C@H]1O. The third kappa shape index (κ3) is 2.59. The molecule has 0 saturated carbocycles. The Morgan fingerprint density at radius 1 is 1.42 bits per heavy atom. The van der Waals surface area contributed by atoms with Crippen molar-refractivity contribution >= 4 is 11.7 Å². The first-order valence-corrected chi connectivity index (χ1v) is 8.46. The number of rotatable bonds is 4. The van der Waals surface area contributed by atoms with Gasteiger partial charge in [-0.25, -0.2) is 0 Å². The highest BCUT2D eigenvalue weighted by Crippen LogP contribution is 2.49. The predicted molar refractivity (Wildman–Crippen MR) is 89.9 cm³/mol. The molecular formula is C17H24N2O7. The lowest BCUT2D eigenvalue weighted by Crippen LogP contribution is -2.80. The standard InChI is InChI=1S/C17H24N2O7/c1-2-13(22)26-15-9-5-3-4-6-10(9)19-17(15,18)16(24)12(21)8-25-11(7-20)14(16)23/h3-6,11-12,14-15,19-21,23-24H,2,7-8,18H2,1H3/t11-,12-,14-,15?,16+,17?/m1/s1. The molecule has 0 aromatic heterocycles. The van der Waals surface area contributed by atoms with Crippen LogP contribution in [0.5, 0.6) is 0 Å². The summed E-state index contributed by atoms with van der Waals surface area (Å²) >= 11 is 0. The first kappa shape index (κ1) is 19.0. The van der Waals surface area contributed by atoms with Crippen molar-refractivity contribution in [3.05, 3.63) is 29.8 Å². The van der Waals surface area contributed by atoms with E-state index in [1.54, 1.807) is 31.2 Å². The van der Waals surface area contributed by atoms with Crippen LogP contribution in [-0.4, -0.2) is 69.2 Å². The Morgan fingerprint density at radius 2 is 2.12 bits per heavy atom. The van der Waals surface area contributed by atoms with Crippen molar-refractivity contribution in [2.45, 2.75) is 49.0 Å². The Balaban J connectivity index is 2.09. The van der Waals surface area contributed by atoms with Gasteiger partial charge < -0.3 is 41.0 Å². The van der Waals surface area contributed by atoms with Crippen LogP contribution in [0.2, 0.25) is 0 Å². The van der Waals surface area contributed by atoms with Gasteiger partial charge in [-0.2, -0.15) is 0 Å². The average Bonchev–Trinajstić information content (AvgIpc) is 2.93. The molecule has 1 fully saturated rings. The minimum atomic E-state index is -2.36. The minimum absolute atomic E-state index is 0.0840. The largest absolute Gasteiger partial charge is 0.453 e. The Bertz CT molecular complexity index is 687. The summed E-state index contributed by atoms with van der Waals surface area (Å²) in [6.07, 6.45) is -5.56. The maximum absolute atomic E-state index is 12.0. The molecule has 9 heteroatoms. The van der Waals surface area contributed by atoms with E-state index >= 15 is 0 Å². The second-order valence-electron chi connectivity index (χ2n) is 6.65. The number of aliphatic hydroxyl groups excluding tert-OH is 3. The van der Waals surface area contributed by atoms with Crippen molar-refractivity contribution in [1.82, 2.24) is 0 Å². The van der Waals surface area contributed by atoms with Crippen molar-refractivity contribution in [2.75, 3.05) is 18.5 Å². The van der Waals surface area contributed by atoms with Crippen molar-refractivity contribution < 1.29 is 34.7 Å². The summed E-state index contributed by atoms with van der Waals surface area (Å²) in [6, 6.07) is 6.81. The highest BCUT2D eigenvalue weighted by Gasteiger charge is 2.68. The number of aliphatic hydroxyl groups is 4. The zero-order valence-electron chi connectivity index (χ0n) is 14.3. The van der Waals surface area contributed by atoms with Gasteiger partial charge in [0.05, 0.1) is 13.2 Å². The quantitative estimate of drug-likeness (QED) is 0.352. The highest BCUT2D eigenvalue weighted by molar-refractivity contribution is 5.71. The van der Waals surface area contributed by atoms with Crippen LogP contribution in [0, 0.1) is 0 Å². The van der Waals surface area contributed by atoms with Crippen molar-refractivity contribution in [3.63, 3.8) is 0 Å². The summed E-state index contributed by atoms with van der Waals surface area (Å²) in [5.41, 5.74) is 3.17. The molecule has 1 aromatic carbocycles. The van der Waals surface area contributed by atoms with Crippen molar-refractivity contribution in [1.29, 1.82) is 0 Å². The van der Waals surface area contributed by atoms with Gasteiger partial charge in [-0.1, -0.05) is 25.1 Å². The van der Waals surface area contributed by atoms with E-state index in [1.807, 2.05) is 0 Å². The van der Waals surface area contributed by atoms with E-state index in [0.29, 0.717) is 11.3 Å². The second-order valence-corrected chi connectivity index (χ2v) is 6.65. The molecule has 1 saturated heterocycles. The summed E-state index contributed by atoms with van der Waals surface area (Å²) in [5, 5.41) is 44.7. The number of carbonyl (C=O) groups is 1. The lowest BCUT2D eigenvalue weighted by atomic mass is 9.72. The van der Waals surface area contributed by atoms with E-state index in [0.717, 1.165) is 0 Å². The van der Waals surface area contributed by atoms with E-state index in [4.69, 9.17) is 15.2 Å². The molecule has 0 spiro atoms. The number of esters is 1. The summed E-state index contributed by atoms with van der Waals surface area (Å²) in [7, 11) is 0. The van der Waals surface area contributed by atoms with Crippen LogP contribution in [-0.2, 0) is 14.3 Å². The van der Waals surface area contributed by atoms with Crippen LogP contribution in [0.4, 0.5) is 5.69 Å². The van der Waals surface area contributed by atoms with E-state index in [2.05, 4.69) is 5.32 Å². The normalized spacial score (nSPS) is 39.2. The van der Waals surface area contributed by atoms with Crippen LogP contribution in [0.25, 0.3) is 0 Å². The second kappa shape index (κ2) is 6.76. The summed E-state index contributed by atoms with van der Waals surface area (Å²) in [6.45, 7) is 0.673. The third-order valence-corrected chi connectivity index (χ3v) is 5.16. The molecule has 144 valence electrons. The monoisotopic (exact) mass is 368 g/mol. The van der Waals surface area contributed by atoms with E-state index in [-0.39, 0.29) is 13.0 Å². The zero-order chi connectivity index (χ0) is 19.1. The lowest BCUT2D eigenvalue weighted by Gasteiger charge is -2.53. The molecule has 2 aliphatic heterocycles. The van der Waals surface area contributed by atoms with Gasteiger partial charge in [0.25, 0.3) is 0 Å². The molecule has 0 aliphatic carbocycles. The molecule has 2 unspecified atom stereocenters.